The summed E-state index contributed by atoms with van der Waals surface area (Å²) in [6, 6.07) is 4.92. The first-order chi connectivity index (χ1) is 10.3. The topological polar surface area (TPSA) is 66.5 Å². The number of halogens is 2. The fraction of sp³-hybridized carbons (Fsp3) is 0.500. The van der Waals surface area contributed by atoms with Crippen molar-refractivity contribution < 1.29 is 13.2 Å². The monoisotopic (exact) mass is 364 g/mol. The third-order valence-corrected chi connectivity index (χ3v) is 6.37. The van der Waals surface area contributed by atoms with Crippen LogP contribution in [-0.4, -0.2) is 38.8 Å². The van der Waals surface area contributed by atoms with E-state index in [0.717, 1.165) is 0 Å². The maximum Gasteiger partial charge on any atom is 0.222 e. The van der Waals surface area contributed by atoms with Crippen molar-refractivity contribution in [3.8, 4) is 0 Å². The molecule has 1 aliphatic rings. The maximum absolute atomic E-state index is 12.5. The Labute approximate surface area is 140 Å². The van der Waals surface area contributed by atoms with Crippen molar-refractivity contribution in [1.29, 1.82) is 0 Å². The minimum absolute atomic E-state index is 0.0359. The summed E-state index contributed by atoms with van der Waals surface area (Å²) >= 11 is 12.1. The van der Waals surface area contributed by atoms with Gasteiger partial charge in [0.1, 0.15) is 0 Å². The van der Waals surface area contributed by atoms with E-state index in [0.29, 0.717) is 41.5 Å². The molecule has 1 aromatic carbocycles. The fourth-order valence-electron chi connectivity index (χ4n) is 2.54. The molecule has 1 aliphatic heterocycles. The smallest absolute Gasteiger partial charge is 0.222 e. The second kappa shape index (κ2) is 7.17. The Morgan fingerprint density at radius 1 is 1.27 bits per heavy atom. The highest BCUT2D eigenvalue weighted by atomic mass is 35.5. The lowest BCUT2D eigenvalue weighted by Gasteiger charge is -2.30. The van der Waals surface area contributed by atoms with Gasteiger partial charge in [-0.3, -0.25) is 4.79 Å². The zero-order valence-electron chi connectivity index (χ0n) is 12.2. The Morgan fingerprint density at radius 2 is 1.82 bits per heavy atom. The molecule has 0 spiro atoms. The second-order valence-corrected chi connectivity index (χ2v) is 8.03. The van der Waals surface area contributed by atoms with Crippen molar-refractivity contribution in [1.82, 2.24) is 9.62 Å². The summed E-state index contributed by atoms with van der Waals surface area (Å²) in [7, 11) is -1.92. The maximum atomic E-state index is 12.5. The SMILES string of the molecule is CNC(=O)C1CCN(S(=O)(=O)Cc2c(Cl)cccc2Cl)CC1. The van der Waals surface area contributed by atoms with Crippen LogP contribution in [0.3, 0.4) is 0 Å². The lowest BCUT2D eigenvalue weighted by molar-refractivity contribution is -0.125. The van der Waals surface area contributed by atoms with Gasteiger partial charge in [-0.25, -0.2) is 12.7 Å². The van der Waals surface area contributed by atoms with Crippen LogP contribution >= 0.6 is 23.2 Å². The summed E-state index contributed by atoms with van der Waals surface area (Å²) in [6.45, 7) is 0.672. The molecular weight excluding hydrogens is 347 g/mol. The molecule has 8 heteroatoms. The number of carbonyl (C=O) groups is 1. The molecule has 0 bridgehead atoms. The fourth-order valence-corrected chi connectivity index (χ4v) is 4.86. The van der Waals surface area contributed by atoms with E-state index >= 15 is 0 Å². The first-order valence-corrected chi connectivity index (χ1v) is 9.34. The van der Waals surface area contributed by atoms with Crippen LogP contribution in [0, 0.1) is 5.92 Å². The van der Waals surface area contributed by atoms with Gasteiger partial charge in [-0.05, 0) is 25.0 Å². The Balaban J connectivity index is 2.08. The first-order valence-electron chi connectivity index (χ1n) is 6.97. The number of nitrogens with zero attached hydrogens (tertiary/aromatic N) is 1. The van der Waals surface area contributed by atoms with E-state index in [1.165, 1.54) is 4.31 Å². The number of sulfonamides is 1. The molecule has 1 N–H and O–H groups in total. The van der Waals surface area contributed by atoms with Crippen molar-refractivity contribution in [3.05, 3.63) is 33.8 Å². The van der Waals surface area contributed by atoms with Crippen LogP contribution in [-0.2, 0) is 20.6 Å². The van der Waals surface area contributed by atoms with Crippen LogP contribution in [0.4, 0.5) is 0 Å². The number of benzene rings is 1. The number of hydrogen-bond donors (Lipinski definition) is 1. The first kappa shape index (κ1) is 17.5. The van der Waals surface area contributed by atoms with Crippen molar-refractivity contribution in [2.24, 2.45) is 5.92 Å². The molecular formula is C14H18Cl2N2O3S. The summed E-state index contributed by atoms with van der Waals surface area (Å²) in [5.74, 6) is -0.387. The van der Waals surface area contributed by atoms with Gasteiger partial charge < -0.3 is 5.32 Å². The molecule has 2 rings (SSSR count). The third kappa shape index (κ3) is 3.93. The van der Waals surface area contributed by atoms with E-state index in [9.17, 15) is 13.2 Å². The second-order valence-electron chi connectivity index (χ2n) is 5.24. The number of amides is 1. The van der Waals surface area contributed by atoms with Gasteiger partial charge in [-0.1, -0.05) is 29.3 Å². The summed E-state index contributed by atoms with van der Waals surface area (Å²) in [5.41, 5.74) is 0.416. The average molecular weight is 365 g/mol. The molecule has 5 nitrogen and oxygen atoms in total. The van der Waals surface area contributed by atoms with Gasteiger partial charge in [0.15, 0.2) is 0 Å². The predicted octanol–water partition coefficient (Wildman–Crippen LogP) is 2.28. The van der Waals surface area contributed by atoms with Crippen LogP contribution in [0.1, 0.15) is 18.4 Å². The molecule has 0 saturated carbocycles. The molecule has 22 heavy (non-hydrogen) atoms. The zero-order chi connectivity index (χ0) is 16.3. The van der Waals surface area contributed by atoms with Gasteiger partial charge in [0.2, 0.25) is 15.9 Å². The molecule has 0 aromatic heterocycles. The predicted molar refractivity (Wildman–Crippen MR) is 87.4 cm³/mol. The van der Waals surface area contributed by atoms with Crippen LogP contribution < -0.4 is 5.32 Å². The highest BCUT2D eigenvalue weighted by molar-refractivity contribution is 7.88. The number of rotatable bonds is 4. The summed E-state index contributed by atoms with van der Waals surface area (Å²) < 4.78 is 26.4. The highest BCUT2D eigenvalue weighted by Gasteiger charge is 2.31. The van der Waals surface area contributed by atoms with Gasteiger partial charge in [0, 0.05) is 41.7 Å². The van der Waals surface area contributed by atoms with Gasteiger partial charge in [0.25, 0.3) is 0 Å². The standard InChI is InChI=1S/C14H18Cl2N2O3S/c1-17-14(19)10-5-7-18(8-6-10)22(20,21)9-11-12(15)3-2-4-13(11)16/h2-4,10H,5-9H2,1H3,(H,17,19). The van der Waals surface area contributed by atoms with E-state index in [-0.39, 0.29) is 17.6 Å². The van der Waals surface area contributed by atoms with E-state index in [1.807, 2.05) is 0 Å². The number of piperidine rings is 1. The molecule has 1 saturated heterocycles. The molecule has 1 aromatic rings. The number of carbonyl (C=O) groups excluding carboxylic acids is 1. The van der Waals surface area contributed by atoms with Crippen molar-refractivity contribution in [2.45, 2.75) is 18.6 Å². The lowest BCUT2D eigenvalue weighted by atomic mass is 9.97. The van der Waals surface area contributed by atoms with E-state index < -0.39 is 10.0 Å². The molecule has 1 amide bonds. The van der Waals surface area contributed by atoms with E-state index in [4.69, 9.17) is 23.2 Å². The summed E-state index contributed by atoms with van der Waals surface area (Å²) in [6.07, 6.45) is 1.05. The Bertz CT molecular complexity index is 636. The minimum atomic E-state index is -3.50. The van der Waals surface area contributed by atoms with Crippen molar-refractivity contribution >= 4 is 39.1 Å². The molecule has 0 aliphatic carbocycles. The van der Waals surface area contributed by atoms with Gasteiger partial charge >= 0.3 is 0 Å². The van der Waals surface area contributed by atoms with Crippen LogP contribution in [0.15, 0.2) is 18.2 Å². The van der Waals surface area contributed by atoms with Crippen LogP contribution in [0.2, 0.25) is 10.0 Å². The Hall–Kier alpha value is -0.820. The van der Waals surface area contributed by atoms with E-state index in [2.05, 4.69) is 5.32 Å². The number of hydrogen-bond acceptors (Lipinski definition) is 3. The Morgan fingerprint density at radius 3 is 2.32 bits per heavy atom. The van der Waals surface area contributed by atoms with Crippen LogP contribution in [0.25, 0.3) is 0 Å². The molecule has 1 heterocycles. The van der Waals surface area contributed by atoms with Crippen LogP contribution in [0.5, 0.6) is 0 Å². The van der Waals surface area contributed by atoms with Gasteiger partial charge in [-0.2, -0.15) is 0 Å². The van der Waals surface area contributed by atoms with E-state index in [1.54, 1.807) is 25.2 Å². The molecule has 0 unspecified atom stereocenters. The Kier molecular flexibility index (Phi) is 5.71. The van der Waals surface area contributed by atoms with Gasteiger partial charge in [-0.15, -0.1) is 0 Å². The van der Waals surface area contributed by atoms with Crippen molar-refractivity contribution in [3.63, 3.8) is 0 Å². The van der Waals surface area contributed by atoms with Gasteiger partial charge in [0.05, 0.1) is 5.75 Å². The lowest BCUT2D eigenvalue weighted by Crippen LogP contribution is -2.42. The molecule has 122 valence electrons. The average Bonchev–Trinajstić information content (AvgIpc) is 2.50. The molecule has 0 atom stereocenters. The van der Waals surface area contributed by atoms with Crippen molar-refractivity contribution in [2.75, 3.05) is 20.1 Å². The third-order valence-electron chi connectivity index (χ3n) is 3.85. The number of nitrogens with one attached hydrogen (secondary N) is 1. The minimum Gasteiger partial charge on any atom is -0.359 e. The quantitative estimate of drug-likeness (QED) is 0.890. The summed E-state index contributed by atoms with van der Waals surface area (Å²) in [4.78, 5) is 11.6. The largest absolute Gasteiger partial charge is 0.359 e. The molecule has 1 fully saturated rings. The summed E-state index contributed by atoms with van der Waals surface area (Å²) in [5, 5.41) is 3.29. The normalized spacial score (nSPS) is 17.4. The molecule has 0 radical (unpaired) electrons. The highest BCUT2D eigenvalue weighted by Crippen LogP contribution is 2.28. The zero-order valence-corrected chi connectivity index (χ0v) is 14.5.